The minimum atomic E-state index is 0. The summed E-state index contributed by atoms with van der Waals surface area (Å²) in [4.78, 5) is 0. The van der Waals surface area contributed by atoms with Crippen LogP contribution in [-0.4, -0.2) is 0 Å². The second-order valence-electron chi connectivity index (χ2n) is 9.60. The molecule has 4 aromatic carbocycles. The summed E-state index contributed by atoms with van der Waals surface area (Å²) >= 11 is 0. The zero-order valence-corrected chi connectivity index (χ0v) is 24.4. The summed E-state index contributed by atoms with van der Waals surface area (Å²) < 4.78 is 0. The first-order chi connectivity index (χ1) is 17.7. The van der Waals surface area contributed by atoms with Crippen molar-refractivity contribution in [2.45, 2.75) is 59.3 Å². The van der Waals surface area contributed by atoms with Gasteiger partial charge in [-0.2, -0.15) is 0 Å². The molecule has 0 N–H and O–H groups in total. The van der Waals surface area contributed by atoms with Gasteiger partial charge in [0.05, 0.1) is 0 Å². The van der Waals surface area contributed by atoms with Crippen LogP contribution in [0.3, 0.4) is 0 Å². The fourth-order valence-electron chi connectivity index (χ4n) is 4.46. The van der Waals surface area contributed by atoms with Crippen LogP contribution in [0.4, 0.5) is 0 Å². The summed E-state index contributed by atoms with van der Waals surface area (Å²) in [6.45, 7) is 6.84. The molecule has 0 aromatic heterocycles. The quantitative estimate of drug-likeness (QED) is 0.167. The molecular weight excluding hydrogens is 446 g/mol. The molecule has 0 nitrogen and oxygen atoms in total. The third-order valence-corrected chi connectivity index (χ3v) is 6.77. The second-order valence-corrected chi connectivity index (χ2v) is 9.60. The minimum absolute atomic E-state index is 0. The molecule has 1 atom stereocenters. The van der Waals surface area contributed by atoms with E-state index in [9.17, 15) is 0 Å². The summed E-state index contributed by atoms with van der Waals surface area (Å²) in [7, 11) is 0. The number of rotatable bonds is 11. The van der Waals surface area contributed by atoms with E-state index in [-0.39, 0.29) is 37.7 Å². The fourth-order valence-corrected chi connectivity index (χ4v) is 4.46. The van der Waals surface area contributed by atoms with Crippen molar-refractivity contribution in [3.05, 3.63) is 155 Å². The minimum Gasteiger partial charge on any atom is -0.120 e. The van der Waals surface area contributed by atoms with Crippen molar-refractivity contribution in [2.24, 2.45) is 5.92 Å². The van der Waals surface area contributed by atoms with Crippen molar-refractivity contribution in [3.63, 3.8) is 0 Å². The van der Waals surface area contributed by atoms with E-state index in [2.05, 4.69) is 142 Å². The Bertz CT molecular complexity index is 986. The van der Waals surface area contributed by atoms with Crippen molar-refractivity contribution in [1.29, 1.82) is 0 Å². The summed E-state index contributed by atoms with van der Waals surface area (Å²) in [5.74, 6) is 3.66. The van der Waals surface area contributed by atoms with E-state index in [4.69, 9.17) is 0 Å². The molecule has 0 aliphatic rings. The molecule has 0 bridgehead atoms. The smallest absolute Gasteiger partial charge is 0.120 e. The van der Waals surface area contributed by atoms with E-state index in [1.807, 2.05) is 0 Å². The van der Waals surface area contributed by atoms with Gasteiger partial charge in [-0.05, 0) is 5.92 Å². The average molecular weight is 489 g/mol. The molecule has 0 heterocycles. The summed E-state index contributed by atoms with van der Waals surface area (Å²) in [5.41, 5.74) is 5.42. The maximum absolute atomic E-state index is 2.33. The Morgan fingerprint density at radius 1 is 0.500 bits per heavy atom. The Hall–Kier alpha value is -2.19. The first kappa shape index (κ1) is 33.8. The van der Waals surface area contributed by atoms with Crippen LogP contribution >= 0.6 is 0 Å². The number of hydrogen-bond donors (Lipinski definition) is 0. The van der Waals surface area contributed by atoms with Crippen LogP contribution in [0.2, 0.25) is 0 Å². The van der Waals surface area contributed by atoms with Crippen molar-refractivity contribution in [3.8, 4) is 0 Å². The molecule has 0 spiro atoms. The average Bonchev–Trinajstić information content (AvgIpc) is 2.96. The maximum atomic E-state index is 2.33. The topological polar surface area (TPSA) is 0 Å². The van der Waals surface area contributed by atoms with Crippen molar-refractivity contribution in [2.75, 3.05) is 0 Å². The molecule has 0 aliphatic heterocycles. The predicted octanol–water partition coefficient (Wildman–Crippen LogP) is 4.34. The van der Waals surface area contributed by atoms with Gasteiger partial charge in [0, 0.05) is 0 Å². The first-order valence-electron chi connectivity index (χ1n) is 13.7. The van der Waals surface area contributed by atoms with E-state index in [1.165, 1.54) is 66.2 Å². The predicted molar refractivity (Wildman–Crippen MR) is 157 cm³/mol. The molecule has 0 radical (unpaired) electrons. The summed E-state index contributed by atoms with van der Waals surface area (Å²) in [6, 6.07) is 43.0. The van der Waals surface area contributed by atoms with Crippen LogP contribution < -0.4 is 37.7 Å². The van der Waals surface area contributed by atoms with Gasteiger partial charge >= 0.3 is 37.7 Å². The van der Waals surface area contributed by atoms with Crippen LogP contribution in [0.5, 0.6) is 0 Å². The third-order valence-electron chi connectivity index (χ3n) is 6.77. The normalized spacial score (nSPS) is 10.6. The number of unbranched alkanes of at least 4 members (excludes halogenated alkanes) is 2. The largest absolute Gasteiger partial charge is 1.00 e. The van der Waals surface area contributed by atoms with Gasteiger partial charge in [-0.1, -0.05) is 132 Å². The standard InChI is InChI=1S/2C18H21.2Li/c1-3-15(2)14-18(16-10-6-4-7-11-16)17-12-8-5-9-13-17;1-2-3-6-15-18(16-11-7-4-8-12-16)17-13-9-5-10-14-17;;/h4-13,15H,3,14H2,1-2H3;4-5,7-14H,2-3,6,15H2,1H3;;/q2*-1;2*+1. The fraction of sp³-hybridized carbons (Fsp3) is 0.278. The van der Waals surface area contributed by atoms with Gasteiger partial charge in [0.25, 0.3) is 0 Å². The SMILES string of the molecule is CCC(C)C[C-](c1ccccc1)c1ccccc1.CCCCC[C-](c1ccccc1)c1ccccc1.[Li+].[Li+]. The summed E-state index contributed by atoms with van der Waals surface area (Å²) in [5, 5.41) is 0. The Morgan fingerprint density at radius 2 is 0.842 bits per heavy atom. The third kappa shape index (κ3) is 11.3. The molecule has 4 aromatic rings. The molecule has 188 valence electrons. The Morgan fingerprint density at radius 3 is 1.16 bits per heavy atom. The van der Waals surface area contributed by atoms with Crippen molar-refractivity contribution < 1.29 is 37.7 Å². The molecule has 0 amide bonds. The van der Waals surface area contributed by atoms with Crippen LogP contribution in [0.25, 0.3) is 0 Å². The Balaban J connectivity index is 0.000000361. The second kappa shape index (κ2) is 19.8. The molecule has 0 saturated carbocycles. The number of hydrogen-bond acceptors (Lipinski definition) is 0. The van der Waals surface area contributed by atoms with Gasteiger partial charge in [-0.3, -0.25) is 0 Å². The van der Waals surface area contributed by atoms with Gasteiger partial charge in [-0.15, -0.1) is 82.6 Å². The van der Waals surface area contributed by atoms with Crippen LogP contribution in [-0.2, 0) is 0 Å². The van der Waals surface area contributed by atoms with Crippen molar-refractivity contribution >= 4 is 0 Å². The molecule has 0 saturated heterocycles. The van der Waals surface area contributed by atoms with Gasteiger partial charge in [0.1, 0.15) is 0 Å². The van der Waals surface area contributed by atoms with E-state index < -0.39 is 0 Å². The monoisotopic (exact) mass is 488 g/mol. The van der Waals surface area contributed by atoms with Crippen LogP contribution in [0.15, 0.2) is 121 Å². The molecular formula is C36H42Li2. The Labute approximate surface area is 257 Å². The van der Waals surface area contributed by atoms with Gasteiger partial charge in [0.2, 0.25) is 0 Å². The van der Waals surface area contributed by atoms with Crippen molar-refractivity contribution in [1.82, 2.24) is 0 Å². The number of benzene rings is 4. The van der Waals surface area contributed by atoms with E-state index >= 15 is 0 Å². The Kier molecular flexibility index (Phi) is 17.7. The van der Waals surface area contributed by atoms with Crippen LogP contribution in [0, 0.1) is 17.8 Å². The molecule has 38 heavy (non-hydrogen) atoms. The van der Waals surface area contributed by atoms with E-state index in [0.29, 0.717) is 0 Å². The van der Waals surface area contributed by atoms with E-state index in [0.717, 1.165) is 12.3 Å². The van der Waals surface area contributed by atoms with E-state index in [1.54, 1.807) is 0 Å². The van der Waals surface area contributed by atoms with Crippen LogP contribution in [0.1, 0.15) is 81.5 Å². The molecule has 0 fully saturated rings. The van der Waals surface area contributed by atoms with Gasteiger partial charge in [0.15, 0.2) is 0 Å². The summed E-state index contributed by atoms with van der Waals surface area (Å²) in [6.07, 6.45) is 7.39. The maximum Gasteiger partial charge on any atom is 1.00 e. The molecule has 0 aliphatic carbocycles. The zero-order valence-electron chi connectivity index (χ0n) is 24.4. The first-order valence-corrected chi connectivity index (χ1v) is 13.7. The molecule has 1 unspecified atom stereocenters. The molecule has 2 heteroatoms. The van der Waals surface area contributed by atoms with Gasteiger partial charge < -0.3 is 0 Å². The zero-order chi connectivity index (χ0) is 25.4. The molecule has 4 rings (SSSR count). The van der Waals surface area contributed by atoms with Gasteiger partial charge in [-0.25, -0.2) is 0 Å².